The van der Waals surface area contributed by atoms with E-state index in [1.54, 1.807) is 12.1 Å². The van der Waals surface area contributed by atoms with Crippen molar-refractivity contribution in [2.45, 2.75) is 30.5 Å². The molecular formula is C18H28F3IN4O3S. The van der Waals surface area contributed by atoms with Gasteiger partial charge in [0.05, 0.1) is 18.0 Å². The second-order valence-electron chi connectivity index (χ2n) is 6.83. The number of nitrogens with one attached hydrogen (secondary N) is 2. The summed E-state index contributed by atoms with van der Waals surface area (Å²) in [4.78, 5) is 5.98. The third-order valence-corrected chi connectivity index (χ3v) is 5.37. The Labute approximate surface area is 192 Å². The summed E-state index contributed by atoms with van der Waals surface area (Å²) < 4.78 is 65.9. The fourth-order valence-electron chi connectivity index (χ4n) is 2.96. The highest BCUT2D eigenvalue weighted by molar-refractivity contribution is 14.0. The Kier molecular flexibility index (Phi) is 10.6. The van der Waals surface area contributed by atoms with E-state index in [9.17, 15) is 21.6 Å². The van der Waals surface area contributed by atoms with Crippen LogP contribution in [0.5, 0.6) is 5.75 Å². The first-order valence-electron chi connectivity index (χ1n) is 9.33. The van der Waals surface area contributed by atoms with Crippen LogP contribution >= 0.6 is 24.0 Å². The molecule has 1 saturated heterocycles. The Balaban J connectivity index is 0.00000450. The number of nitrogens with zero attached hydrogens (tertiary/aromatic N) is 2. The molecule has 1 aliphatic rings. The number of guanidine groups is 1. The highest BCUT2D eigenvalue weighted by Gasteiger charge is 2.34. The molecule has 0 aliphatic carbocycles. The van der Waals surface area contributed by atoms with Gasteiger partial charge in [-0.3, -0.25) is 4.90 Å². The largest absolute Gasteiger partial charge is 0.492 e. The molecule has 1 heterocycles. The Hall–Kier alpha value is -1.28. The maximum Gasteiger partial charge on any atom is 0.401 e. The summed E-state index contributed by atoms with van der Waals surface area (Å²) in [7, 11) is -3.25. The maximum atomic E-state index is 12.5. The zero-order valence-electron chi connectivity index (χ0n) is 16.9. The number of benzene rings is 1. The second kappa shape index (κ2) is 11.9. The second-order valence-corrected chi connectivity index (χ2v) is 8.85. The van der Waals surface area contributed by atoms with Crippen molar-refractivity contribution in [3.05, 3.63) is 24.3 Å². The van der Waals surface area contributed by atoms with E-state index >= 15 is 0 Å². The van der Waals surface area contributed by atoms with Gasteiger partial charge in [-0.1, -0.05) is 0 Å². The van der Waals surface area contributed by atoms with Crippen LogP contribution in [0.3, 0.4) is 0 Å². The van der Waals surface area contributed by atoms with Gasteiger partial charge in [0.1, 0.15) is 12.4 Å². The van der Waals surface area contributed by atoms with Crippen LogP contribution in [-0.4, -0.2) is 77.1 Å². The summed E-state index contributed by atoms with van der Waals surface area (Å²) in [6.45, 7) is 2.95. The molecule has 0 radical (unpaired) electrons. The van der Waals surface area contributed by atoms with Gasteiger partial charge in [-0.15, -0.1) is 24.0 Å². The monoisotopic (exact) mass is 564 g/mol. The lowest BCUT2D eigenvalue weighted by Gasteiger charge is -2.19. The minimum atomic E-state index is -4.19. The first kappa shape index (κ1) is 26.8. The van der Waals surface area contributed by atoms with Gasteiger partial charge >= 0.3 is 6.18 Å². The average molecular weight is 564 g/mol. The number of alkyl halides is 3. The van der Waals surface area contributed by atoms with Crippen LogP contribution in [0.15, 0.2) is 34.2 Å². The number of halogens is 4. The fraction of sp³-hybridized carbons (Fsp3) is 0.611. The minimum absolute atomic E-state index is 0. The molecule has 172 valence electrons. The number of rotatable bonds is 8. The van der Waals surface area contributed by atoms with Crippen molar-refractivity contribution in [2.24, 2.45) is 4.99 Å². The molecule has 0 spiro atoms. The van der Waals surface area contributed by atoms with Crippen LogP contribution in [0.2, 0.25) is 0 Å². The topological polar surface area (TPSA) is 83.0 Å². The maximum absolute atomic E-state index is 12.5. The summed E-state index contributed by atoms with van der Waals surface area (Å²) in [5.74, 6) is 1.06. The molecule has 1 aliphatic heterocycles. The molecule has 1 unspecified atom stereocenters. The first-order valence-corrected chi connectivity index (χ1v) is 11.2. The number of ether oxygens (including phenoxy) is 1. The van der Waals surface area contributed by atoms with Gasteiger partial charge in [0, 0.05) is 31.9 Å². The van der Waals surface area contributed by atoms with Gasteiger partial charge in [0.2, 0.25) is 0 Å². The van der Waals surface area contributed by atoms with Gasteiger partial charge in [0.15, 0.2) is 15.8 Å². The molecule has 2 N–H and O–H groups in total. The molecule has 0 amide bonds. The van der Waals surface area contributed by atoms with E-state index < -0.39 is 22.6 Å². The predicted molar refractivity (Wildman–Crippen MR) is 120 cm³/mol. The summed E-state index contributed by atoms with van der Waals surface area (Å²) in [6, 6.07) is 6.02. The number of hydrogen-bond acceptors (Lipinski definition) is 5. The Bertz CT molecular complexity index is 789. The molecule has 1 aromatic rings. The fourth-order valence-corrected chi connectivity index (χ4v) is 3.60. The highest BCUT2D eigenvalue weighted by Crippen LogP contribution is 2.20. The zero-order valence-corrected chi connectivity index (χ0v) is 20.1. The van der Waals surface area contributed by atoms with Crippen LogP contribution in [0.25, 0.3) is 0 Å². The lowest BCUT2D eigenvalue weighted by Crippen LogP contribution is -2.45. The van der Waals surface area contributed by atoms with Gasteiger partial charge < -0.3 is 15.4 Å². The van der Waals surface area contributed by atoms with Crippen molar-refractivity contribution in [3.63, 3.8) is 0 Å². The summed E-state index contributed by atoms with van der Waals surface area (Å²) in [5, 5.41) is 6.23. The molecule has 2 rings (SSSR count). The van der Waals surface area contributed by atoms with Crippen LogP contribution in [-0.2, 0) is 9.84 Å². The molecule has 1 fully saturated rings. The minimum Gasteiger partial charge on any atom is -0.492 e. The van der Waals surface area contributed by atoms with Crippen molar-refractivity contribution in [3.8, 4) is 5.75 Å². The summed E-state index contributed by atoms with van der Waals surface area (Å²) in [6.07, 6.45) is -2.44. The SMILES string of the molecule is CCNC(=NCCOc1ccc(S(C)(=O)=O)cc1)NC1CCN(CC(F)(F)F)C1.I. The van der Waals surface area contributed by atoms with Crippen LogP contribution in [0.4, 0.5) is 13.2 Å². The van der Waals surface area contributed by atoms with Crippen molar-refractivity contribution >= 4 is 39.8 Å². The molecule has 0 bridgehead atoms. The van der Waals surface area contributed by atoms with Crippen LogP contribution in [0.1, 0.15) is 13.3 Å². The molecule has 12 heteroatoms. The molecule has 1 atom stereocenters. The zero-order chi connectivity index (χ0) is 21.5. The molecule has 0 saturated carbocycles. The van der Waals surface area contributed by atoms with Crippen LogP contribution in [0, 0.1) is 0 Å². The number of aliphatic imine (C=N–C) groups is 1. The molecule has 30 heavy (non-hydrogen) atoms. The predicted octanol–water partition coefficient (Wildman–Crippen LogP) is 2.28. The Morgan fingerprint density at radius 3 is 2.53 bits per heavy atom. The van der Waals surface area contributed by atoms with Crippen molar-refractivity contribution in [1.29, 1.82) is 0 Å². The highest BCUT2D eigenvalue weighted by atomic mass is 127. The molecule has 7 nitrogen and oxygen atoms in total. The van der Waals surface area contributed by atoms with E-state index in [4.69, 9.17) is 4.74 Å². The number of sulfone groups is 1. The Morgan fingerprint density at radius 2 is 1.97 bits per heavy atom. The third-order valence-electron chi connectivity index (χ3n) is 4.24. The lowest BCUT2D eigenvalue weighted by molar-refractivity contribution is -0.143. The standard InChI is InChI=1S/C18H27F3N4O3S.HI/c1-3-22-17(24-14-8-10-25(12-14)13-18(19,20)21)23-9-11-28-15-4-6-16(7-5-15)29(2,26)27;/h4-7,14H,3,8-13H2,1-2H3,(H2,22,23,24);1H. The smallest absolute Gasteiger partial charge is 0.401 e. The van der Waals surface area contributed by atoms with E-state index in [0.29, 0.717) is 44.3 Å². The third kappa shape index (κ3) is 9.69. The summed E-state index contributed by atoms with van der Waals surface area (Å²) >= 11 is 0. The van der Waals surface area contributed by atoms with E-state index in [-0.39, 0.29) is 41.5 Å². The van der Waals surface area contributed by atoms with Crippen molar-refractivity contribution < 1.29 is 26.3 Å². The van der Waals surface area contributed by atoms with E-state index in [1.165, 1.54) is 17.0 Å². The number of hydrogen-bond donors (Lipinski definition) is 2. The van der Waals surface area contributed by atoms with Gasteiger partial charge in [-0.2, -0.15) is 13.2 Å². The van der Waals surface area contributed by atoms with Gasteiger partial charge in [-0.05, 0) is 37.6 Å². The quantitative estimate of drug-likeness (QED) is 0.218. The van der Waals surface area contributed by atoms with Crippen LogP contribution < -0.4 is 15.4 Å². The van der Waals surface area contributed by atoms with Crippen molar-refractivity contribution in [2.75, 3.05) is 45.6 Å². The summed E-state index contributed by atoms with van der Waals surface area (Å²) in [5.41, 5.74) is 0. The number of likely N-dealkylation sites (tertiary alicyclic amines) is 1. The Morgan fingerprint density at radius 1 is 1.30 bits per heavy atom. The van der Waals surface area contributed by atoms with Gasteiger partial charge in [-0.25, -0.2) is 13.4 Å². The van der Waals surface area contributed by atoms with E-state index in [2.05, 4.69) is 15.6 Å². The van der Waals surface area contributed by atoms with E-state index in [0.717, 1.165) is 6.26 Å². The lowest BCUT2D eigenvalue weighted by atomic mass is 10.3. The molecule has 0 aromatic heterocycles. The van der Waals surface area contributed by atoms with Gasteiger partial charge in [0.25, 0.3) is 0 Å². The molecule has 1 aromatic carbocycles. The first-order chi connectivity index (χ1) is 13.6. The van der Waals surface area contributed by atoms with Crippen molar-refractivity contribution in [1.82, 2.24) is 15.5 Å². The van der Waals surface area contributed by atoms with E-state index in [1.807, 2.05) is 6.92 Å². The normalized spacial score (nSPS) is 18.0. The molecular weight excluding hydrogens is 536 g/mol. The average Bonchev–Trinajstić information content (AvgIpc) is 3.03.